The Morgan fingerprint density at radius 3 is 2.42 bits per heavy atom. The second-order valence-corrected chi connectivity index (χ2v) is 8.23. The molecule has 2 aliphatic rings. The molecule has 0 radical (unpaired) electrons. The van der Waals surface area contributed by atoms with Crippen molar-refractivity contribution in [2.24, 2.45) is 5.92 Å². The molecule has 1 aliphatic carbocycles. The molecular weight excluding hydrogens is 396 g/mol. The minimum Gasteiger partial charge on any atom is -0.437 e. The summed E-state index contributed by atoms with van der Waals surface area (Å²) in [6.07, 6.45) is 7.48. The molecule has 1 aliphatic heterocycles. The van der Waals surface area contributed by atoms with Crippen LogP contribution in [0, 0.1) is 12.8 Å². The number of amides is 1. The van der Waals surface area contributed by atoms with Crippen molar-refractivity contribution in [3.8, 4) is 11.6 Å². The highest BCUT2D eigenvalue weighted by Gasteiger charge is 2.34. The van der Waals surface area contributed by atoms with Crippen LogP contribution in [0.3, 0.4) is 0 Å². The van der Waals surface area contributed by atoms with Crippen molar-refractivity contribution in [2.75, 3.05) is 37.5 Å². The van der Waals surface area contributed by atoms with Gasteiger partial charge in [-0.15, -0.1) is 0 Å². The quantitative estimate of drug-likeness (QED) is 0.724. The first-order valence-corrected chi connectivity index (χ1v) is 10.8. The fourth-order valence-corrected chi connectivity index (χ4v) is 4.02. The Bertz CT molecular complexity index is 891. The maximum absolute atomic E-state index is 12.3. The monoisotopic (exact) mass is 426 g/mol. The second kappa shape index (κ2) is 9.62. The predicted octanol–water partition coefficient (Wildman–Crippen LogP) is 3.56. The molecule has 8 nitrogen and oxygen atoms in total. The number of hydrogen-bond acceptors (Lipinski definition) is 7. The van der Waals surface area contributed by atoms with Gasteiger partial charge in [0.1, 0.15) is 11.6 Å². The Balaban J connectivity index is 1.32. The molecule has 0 bridgehead atoms. The molecule has 0 spiro atoms. The molecule has 2 fully saturated rings. The maximum atomic E-state index is 12.3. The Morgan fingerprint density at radius 2 is 1.81 bits per heavy atom. The van der Waals surface area contributed by atoms with Crippen LogP contribution in [0.15, 0.2) is 30.6 Å². The lowest BCUT2D eigenvalue weighted by Crippen LogP contribution is -2.38. The average molecular weight is 427 g/mol. The number of aryl methyl sites for hydroxylation is 1. The first kappa shape index (κ1) is 21.5. The molecule has 1 N–H and O–H groups in total. The van der Waals surface area contributed by atoms with Gasteiger partial charge in [-0.3, -0.25) is 4.79 Å². The van der Waals surface area contributed by atoms with E-state index in [0.29, 0.717) is 17.7 Å². The molecule has 1 saturated heterocycles. The van der Waals surface area contributed by atoms with Crippen LogP contribution in [0.1, 0.15) is 31.2 Å². The van der Waals surface area contributed by atoms with E-state index in [-0.39, 0.29) is 17.9 Å². The van der Waals surface area contributed by atoms with Gasteiger partial charge in [-0.1, -0.05) is 0 Å². The summed E-state index contributed by atoms with van der Waals surface area (Å²) in [5, 5.41) is 2.98. The number of anilines is 2. The first-order valence-electron chi connectivity index (χ1n) is 10.8. The number of ether oxygens (including phenoxy) is 3. The lowest BCUT2D eigenvalue weighted by atomic mass is 9.81. The first-order chi connectivity index (χ1) is 15.1. The summed E-state index contributed by atoms with van der Waals surface area (Å²) in [5.41, 5.74) is 1.67. The zero-order chi connectivity index (χ0) is 21.8. The molecule has 4 rings (SSSR count). The zero-order valence-electron chi connectivity index (χ0n) is 18.3. The van der Waals surface area contributed by atoms with Crippen molar-refractivity contribution < 1.29 is 19.0 Å². The standard InChI is InChI=1S/C23H30N4O4/c1-15-10-17(26-23(28)16-11-19(12-16)30-3)4-5-20(15)31-22-14-24-21(13-25-22)27-8-6-18(29-2)7-9-27/h4-5,10,13-14,16,18-19H,6-9,11-12H2,1-3H3,(H,26,28). The zero-order valence-corrected chi connectivity index (χ0v) is 18.3. The Morgan fingerprint density at radius 1 is 1.06 bits per heavy atom. The van der Waals surface area contributed by atoms with Crippen molar-refractivity contribution >= 4 is 17.4 Å². The van der Waals surface area contributed by atoms with E-state index < -0.39 is 0 Å². The van der Waals surface area contributed by atoms with E-state index in [0.717, 1.165) is 55.8 Å². The average Bonchev–Trinajstić information content (AvgIpc) is 2.75. The third-order valence-corrected chi connectivity index (χ3v) is 6.17. The maximum Gasteiger partial charge on any atom is 0.237 e. The molecule has 0 unspecified atom stereocenters. The number of nitrogens with one attached hydrogen (secondary N) is 1. The number of aromatic nitrogens is 2. The van der Waals surface area contributed by atoms with Crippen molar-refractivity contribution in [3.63, 3.8) is 0 Å². The van der Waals surface area contributed by atoms with Crippen LogP contribution in [0.4, 0.5) is 11.5 Å². The molecule has 166 valence electrons. The van der Waals surface area contributed by atoms with Gasteiger partial charge in [0.2, 0.25) is 11.8 Å². The molecule has 1 saturated carbocycles. The lowest BCUT2D eigenvalue weighted by molar-refractivity contribution is -0.127. The van der Waals surface area contributed by atoms with Gasteiger partial charge in [0.05, 0.1) is 24.6 Å². The molecule has 31 heavy (non-hydrogen) atoms. The van der Waals surface area contributed by atoms with E-state index in [1.165, 1.54) is 0 Å². The summed E-state index contributed by atoms with van der Waals surface area (Å²) < 4.78 is 16.6. The summed E-state index contributed by atoms with van der Waals surface area (Å²) in [5.74, 6) is 2.04. The number of carbonyl (C=O) groups excluding carboxylic acids is 1. The summed E-state index contributed by atoms with van der Waals surface area (Å²) in [7, 11) is 3.45. The van der Waals surface area contributed by atoms with Gasteiger partial charge < -0.3 is 24.4 Å². The molecule has 2 heterocycles. The van der Waals surface area contributed by atoms with E-state index in [4.69, 9.17) is 14.2 Å². The smallest absolute Gasteiger partial charge is 0.237 e. The molecule has 1 aromatic heterocycles. The SMILES string of the molecule is COC1CCN(c2cnc(Oc3ccc(NC(=O)C4CC(OC)C4)cc3C)cn2)CC1. The van der Waals surface area contributed by atoms with Gasteiger partial charge in [0.25, 0.3) is 0 Å². The van der Waals surface area contributed by atoms with Gasteiger partial charge in [-0.25, -0.2) is 9.97 Å². The Kier molecular flexibility index (Phi) is 6.67. The van der Waals surface area contributed by atoms with E-state index in [2.05, 4.69) is 20.2 Å². The highest BCUT2D eigenvalue weighted by atomic mass is 16.5. The molecule has 1 aromatic carbocycles. The number of carbonyl (C=O) groups is 1. The van der Waals surface area contributed by atoms with E-state index >= 15 is 0 Å². The van der Waals surface area contributed by atoms with Crippen LogP contribution in [0.2, 0.25) is 0 Å². The summed E-state index contributed by atoms with van der Waals surface area (Å²) in [6, 6.07) is 5.59. The third-order valence-electron chi connectivity index (χ3n) is 6.17. The van der Waals surface area contributed by atoms with Crippen LogP contribution < -0.4 is 15.0 Å². The van der Waals surface area contributed by atoms with Crippen LogP contribution in [-0.2, 0) is 14.3 Å². The minimum absolute atomic E-state index is 0.0234. The highest BCUT2D eigenvalue weighted by molar-refractivity contribution is 5.93. The summed E-state index contributed by atoms with van der Waals surface area (Å²) >= 11 is 0. The van der Waals surface area contributed by atoms with Gasteiger partial charge in [-0.2, -0.15) is 0 Å². The number of nitrogens with zero attached hydrogens (tertiary/aromatic N) is 3. The van der Waals surface area contributed by atoms with Gasteiger partial charge in [0, 0.05) is 38.9 Å². The molecule has 1 amide bonds. The van der Waals surface area contributed by atoms with Crippen LogP contribution in [-0.4, -0.2) is 55.4 Å². The van der Waals surface area contributed by atoms with E-state index in [1.54, 1.807) is 26.6 Å². The van der Waals surface area contributed by atoms with Crippen molar-refractivity contribution in [1.29, 1.82) is 0 Å². The Labute approximate surface area is 182 Å². The predicted molar refractivity (Wildman–Crippen MR) is 118 cm³/mol. The van der Waals surface area contributed by atoms with Gasteiger partial charge in [-0.05, 0) is 56.4 Å². The molecular formula is C23H30N4O4. The number of piperidine rings is 1. The number of methoxy groups -OCH3 is 2. The fraction of sp³-hybridized carbons (Fsp3) is 0.522. The molecule has 8 heteroatoms. The van der Waals surface area contributed by atoms with Crippen LogP contribution >= 0.6 is 0 Å². The molecule has 2 aromatic rings. The van der Waals surface area contributed by atoms with Crippen molar-refractivity contribution in [1.82, 2.24) is 9.97 Å². The fourth-order valence-electron chi connectivity index (χ4n) is 4.02. The number of hydrogen-bond donors (Lipinski definition) is 1. The number of benzene rings is 1. The third kappa shape index (κ3) is 5.14. The van der Waals surface area contributed by atoms with Crippen molar-refractivity contribution in [2.45, 2.75) is 44.8 Å². The second-order valence-electron chi connectivity index (χ2n) is 8.23. The Hall–Kier alpha value is -2.71. The van der Waals surface area contributed by atoms with Gasteiger partial charge >= 0.3 is 0 Å². The summed E-state index contributed by atoms with van der Waals surface area (Å²) in [6.45, 7) is 3.76. The van der Waals surface area contributed by atoms with Gasteiger partial charge in [0.15, 0.2) is 0 Å². The normalized spacial score (nSPS) is 21.5. The largest absolute Gasteiger partial charge is 0.437 e. The van der Waals surface area contributed by atoms with Crippen LogP contribution in [0.25, 0.3) is 0 Å². The minimum atomic E-state index is 0.0234. The van der Waals surface area contributed by atoms with Crippen molar-refractivity contribution in [3.05, 3.63) is 36.2 Å². The van der Waals surface area contributed by atoms with Crippen LogP contribution in [0.5, 0.6) is 11.6 Å². The van der Waals surface area contributed by atoms with E-state index in [9.17, 15) is 4.79 Å². The highest BCUT2D eigenvalue weighted by Crippen LogP contribution is 2.32. The topological polar surface area (TPSA) is 85.8 Å². The van der Waals surface area contributed by atoms with E-state index in [1.807, 2.05) is 25.1 Å². The summed E-state index contributed by atoms with van der Waals surface area (Å²) in [4.78, 5) is 23.5. The molecule has 0 atom stereocenters. The lowest BCUT2D eigenvalue weighted by Gasteiger charge is -2.32. The number of rotatable bonds is 7.